The van der Waals surface area contributed by atoms with Gasteiger partial charge in [-0.05, 0) is 48.5 Å². The molecule has 31 heavy (non-hydrogen) atoms. The molecular weight excluding hydrogens is 393 g/mol. The first-order chi connectivity index (χ1) is 15.2. The van der Waals surface area contributed by atoms with E-state index in [1.165, 1.54) is 23.0 Å². The summed E-state index contributed by atoms with van der Waals surface area (Å²) in [6.45, 7) is 0. The summed E-state index contributed by atoms with van der Waals surface area (Å²) in [5.74, 6) is 1.16. The highest BCUT2D eigenvalue weighted by Crippen LogP contribution is 2.22. The molecule has 6 heteroatoms. The van der Waals surface area contributed by atoms with Crippen LogP contribution < -0.4 is 5.56 Å². The summed E-state index contributed by atoms with van der Waals surface area (Å²) in [4.78, 5) is 17.8. The molecule has 0 saturated carbocycles. The second-order valence-corrected chi connectivity index (χ2v) is 6.89. The normalized spacial score (nSPS) is 11.4. The quantitative estimate of drug-likeness (QED) is 0.376. The summed E-state index contributed by atoms with van der Waals surface area (Å²) in [7, 11) is 0. The van der Waals surface area contributed by atoms with Gasteiger partial charge in [-0.25, -0.2) is 9.37 Å². The molecular formula is C25H16FN3O2. The van der Waals surface area contributed by atoms with Crippen LogP contribution in [0.5, 0.6) is 0 Å². The Hall–Kier alpha value is -4.32. The van der Waals surface area contributed by atoms with Crippen LogP contribution in [-0.4, -0.2) is 15.9 Å². The van der Waals surface area contributed by atoms with E-state index in [-0.39, 0.29) is 11.4 Å². The molecule has 0 radical (unpaired) electrons. The van der Waals surface area contributed by atoms with Crippen molar-refractivity contribution in [3.05, 3.63) is 113 Å². The van der Waals surface area contributed by atoms with E-state index in [9.17, 15) is 9.18 Å². The lowest BCUT2D eigenvalue weighted by molar-refractivity contribution is 0.573. The van der Waals surface area contributed by atoms with Crippen LogP contribution in [0.2, 0.25) is 0 Å². The van der Waals surface area contributed by atoms with E-state index in [2.05, 4.69) is 10.1 Å². The van der Waals surface area contributed by atoms with Gasteiger partial charge in [0.25, 0.3) is 5.56 Å². The Morgan fingerprint density at radius 1 is 0.839 bits per heavy atom. The molecule has 2 heterocycles. The van der Waals surface area contributed by atoms with Crippen LogP contribution in [0.1, 0.15) is 5.76 Å². The molecule has 2 aromatic heterocycles. The highest BCUT2D eigenvalue weighted by atomic mass is 19.1. The molecule has 0 N–H and O–H groups in total. The van der Waals surface area contributed by atoms with Gasteiger partial charge in [0.05, 0.1) is 17.1 Å². The van der Waals surface area contributed by atoms with Gasteiger partial charge in [0, 0.05) is 11.1 Å². The second-order valence-electron chi connectivity index (χ2n) is 6.89. The van der Waals surface area contributed by atoms with Gasteiger partial charge in [-0.2, -0.15) is 9.78 Å². The molecule has 0 spiro atoms. The van der Waals surface area contributed by atoms with Gasteiger partial charge in [-0.15, -0.1) is 0 Å². The monoisotopic (exact) mass is 409 g/mol. The molecule has 0 unspecified atom stereocenters. The van der Waals surface area contributed by atoms with Crippen molar-refractivity contribution in [2.45, 2.75) is 0 Å². The fraction of sp³-hybridized carbons (Fsp3) is 0. The number of fused-ring (bicyclic) bond motifs is 1. The van der Waals surface area contributed by atoms with Crippen LogP contribution in [0.15, 0.2) is 105 Å². The van der Waals surface area contributed by atoms with Crippen LogP contribution in [0.25, 0.3) is 33.6 Å². The molecule has 150 valence electrons. The first-order valence-electron chi connectivity index (χ1n) is 9.66. The van der Waals surface area contributed by atoms with Crippen molar-refractivity contribution in [2.75, 3.05) is 0 Å². The number of hydrogen-bond donors (Lipinski definition) is 0. The topological polar surface area (TPSA) is 60.4 Å². The van der Waals surface area contributed by atoms with E-state index < -0.39 is 0 Å². The summed E-state index contributed by atoms with van der Waals surface area (Å²) >= 11 is 0. The van der Waals surface area contributed by atoms with Gasteiger partial charge in [-0.3, -0.25) is 4.79 Å². The predicted octanol–water partition coefficient (Wildman–Crippen LogP) is 5.34. The number of aromatic nitrogens is 2. The maximum atomic E-state index is 13.2. The molecule has 0 aliphatic carbocycles. The lowest BCUT2D eigenvalue weighted by atomic mass is 10.2. The zero-order valence-electron chi connectivity index (χ0n) is 16.3. The molecule has 0 atom stereocenters. The van der Waals surface area contributed by atoms with Crippen LogP contribution in [0.3, 0.4) is 0 Å². The summed E-state index contributed by atoms with van der Waals surface area (Å²) < 4.78 is 20.2. The third-order valence-corrected chi connectivity index (χ3v) is 4.84. The Morgan fingerprint density at radius 2 is 1.58 bits per heavy atom. The van der Waals surface area contributed by atoms with Gasteiger partial charge in [0.15, 0.2) is 5.82 Å². The number of hydrogen-bond acceptors (Lipinski definition) is 4. The zero-order valence-corrected chi connectivity index (χ0v) is 16.3. The van der Waals surface area contributed by atoms with E-state index >= 15 is 0 Å². The summed E-state index contributed by atoms with van der Waals surface area (Å²) in [5, 5.41) is 4.86. The lowest BCUT2D eigenvalue weighted by Crippen LogP contribution is -2.20. The Balaban J connectivity index is 1.59. The maximum absolute atomic E-state index is 13.2. The van der Waals surface area contributed by atoms with Gasteiger partial charge < -0.3 is 4.42 Å². The fourth-order valence-electron chi connectivity index (χ4n) is 3.31. The van der Waals surface area contributed by atoms with Gasteiger partial charge in [0.2, 0.25) is 0 Å². The molecule has 3 aromatic carbocycles. The van der Waals surface area contributed by atoms with Crippen molar-refractivity contribution in [3.63, 3.8) is 0 Å². The fourth-order valence-corrected chi connectivity index (χ4v) is 3.31. The number of furan rings is 1. The second kappa shape index (κ2) is 7.84. The summed E-state index contributed by atoms with van der Waals surface area (Å²) in [5.41, 5.74) is 1.85. The van der Waals surface area contributed by atoms with E-state index in [0.29, 0.717) is 28.2 Å². The van der Waals surface area contributed by atoms with E-state index in [1.54, 1.807) is 42.5 Å². The van der Waals surface area contributed by atoms with Crippen molar-refractivity contribution in [3.8, 4) is 22.7 Å². The van der Waals surface area contributed by atoms with Crippen molar-refractivity contribution in [1.82, 2.24) is 9.66 Å². The third kappa shape index (κ3) is 3.67. The van der Waals surface area contributed by atoms with Crippen molar-refractivity contribution < 1.29 is 8.81 Å². The average molecular weight is 409 g/mol. The molecule has 0 amide bonds. The van der Waals surface area contributed by atoms with Crippen LogP contribution in [-0.2, 0) is 0 Å². The highest BCUT2D eigenvalue weighted by molar-refractivity contribution is 5.81. The first-order valence-corrected chi connectivity index (χ1v) is 9.66. The number of para-hydroxylation sites is 1. The average Bonchev–Trinajstić information content (AvgIpc) is 3.28. The minimum atomic E-state index is -0.311. The zero-order chi connectivity index (χ0) is 21.2. The molecule has 0 aliphatic rings. The largest absolute Gasteiger partial charge is 0.455 e. The highest BCUT2D eigenvalue weighted by Gasteiger charge is 2.12. The van der Waals surface area contributed by atoms with Crippen LogP contribution in [0.4, 0.5) is 4.39 Å². The number of benzene rings is 3. The molecule has 5 nitrogen and oxygen atoms in total. The third-order valence-electron chi connectivity index (χ3n) is 4.84. The predicted molar refractivity (Wildman–Crippen MR) is 119 cm³/mol. The molecule has 0 bridgehead atoms. The minimum absolute atomic E-state index is 0.272. The van der Waals surface area contributed by atoms with Crippen LogP contribution in [0, 0.1) is 5.82 Å². The van der Waals surface area contributed by atoms with E-state index in [0.717, 1.165) is 11.1 Å². The first kappa shape index (κ1) is 18.7. The Kier molecular flexibility index (Phi) is 4.72. The van der Waals surface area contributed by atoms with Crippen molar-refractivity contribution in [1.29, 1.82) is 0 Å². The van der Waals surface area contributed by atoms with Gasteiger partial charge >= 0.3 is 0 Å². The molecule has 0 saturated heterocycles. The van der Waals surface area contributed by atoms with Crippen LogP contribution >= 0.6 is 0 Å². The molecule has 0 fully saturated rings. The summed E-state index contributed by atoms with van der Waals surface area (Å²) in [6, 6.07) is 26.1. The number of halogens is 1. The van der Waals surface area contributed by atoms with E-state index in [4.69, 9.17) is 4.42 Å². The summed E-state index contributed by atoms with van der Waals surface area (Å²) in [6.07, 6.45) is 1.47. The SMILES string of the molecule is O=c1c2ccccc2nc(-c2ccccc2)n1N=Cc1ccc(-c2ccc(F)cc2)o1. The lowest BCUT2D eigenvalue weighted by Gasteiger charge is -2.09. The maximum Gasteiger partial charge on any atom is 0.282 e. The standard InChI is InChI=1S/C25H16FN3O2/c26-19-12-10-17(11-13-19)23-15-14-20(31-23)16-27-29-24(18-6-2-1-3-7-18)28-22-9-5-4-8-21(22)25(29)30/h1-16H. The van der Waals surface area contributed by atoms with Gasteiger partial charge in [0.1, 0.15) is 17.3 Å². The molecule has 5 rings (SSSR count). The van der Waals surface area contributed by atoms with Gasteiger partial charge in [-0.1, -0.05) is 42.5 Å². The van der Waals surface area contributed by atoms with Crippen molar-refractivity contribution >= 4 is 17.1 Å². The molecule has 5 aromatic rings. The smallest absolute Gasteiger partial charge is 0.282 e. The molecule has 0 aliphatic heterocycles. The van der Waals surface area contributed by atoms with E-state index in [1.807, 2.05) is 36.4 Å². The Morgan fingerprint density at radius 3 is 2.39 bits per heavy atom. The van der Waals surface area contributed by atoms with Crippen molar-refractivity contribution in [2.24, 2.45) is 5.10 Å². The number of nitrogens with zero attached hydrogens (tertiary/aromatic N) is 3. The Bertz CT molecular complexity index is 1450. The number of rotatable bonds is 4. The minimum Gasteiger partial charge on any atom is -0.455 e. The Labute approximate surface area is 176 Å².